The van der Waals surface area contributed by atoms with Crippen LogP contribution in [0.3, 0.4) is 0 Å². The highest BCUT2D eigenvalue weighted by atomic mass is 16.3. The highest BCUT2D eigenvalue weighted by Gasteiger charge is 2.16. The zero-order chi connectivity index (χ0) is 8.10. The summed E-state index contributed by atoms with van der Waals surface area (Å²) in [6, 6.07) is 0.868. The van der Waals surface area contributed by atoms with Crippen molar-refractivity contribution in [1.82, 2.24) is 10.6 Å². The molecule has 0 aromatic heterocycles. The zero-order valence-electron chi connectivity index (χ0n) is 7.14. The molecular formula is C8H18N2O. The minimum atomic E-state index is 0.257. The van der Waals surface area contributed by atoms with Gasteiger partial charge in [-0.3, -0.25) is 0 Å². The second-order valence-corrected chi connectivity index (χ2v) is 3.14. The van der Waals surface area contributed by atoms with E-state index in [1.54, 1.807) is 0 Å². The molecule has 2 atom stereocenters. The lowest BCUT2D eigenvalue weighted by Crippen LogP contribution is -2.41. The van der Waals surface area contributed by atoms with Gasteiger partial charge in [0.15, 0.2) is 0 Å². The third kappa shape index (κ3) is 2.77. The molecule has 0 saturated carbocycles. The first-order valence-electron chi connectivity index (χ1n) is 4.44. The number of aliphatic hydroxyl groups excluding tert-OH is 1. The maximum atomic E-state index is 8.90. The lowest BCUT2D eigenvalue weighted by molar-refractivity contribution is 0.229. The van der Waals surface area contributed by atoms with E-state index in [2.05, 4.69) is 17.6 Å². The Bertz CT molecular complexity index is 98.3. The maximum Gasteiger partial charge on any atom is 0.0584 e. The molecule has 1 aliphatic rings. The van der Waals surface area contributed by atoms with Crippen LogP contribution in [-0.2, 0) is 0 Å². The van der Waals surface area contributed by atoms with Gasteiger partial charge in [-0.1, -0.05) is 6.92 Å². The zero-order valence-corrected chi connectivity index (χ0v) is 7.14. The van der Waals surface area contributed by atoms with E-state index in [0.717, 1.165) is 19.5 Å². The molecule has 0 aromatic rings. The third-order valence-electron chi connectivity index (χ3n) is 2.24. The molecule has 66 valence electrons. The van der Waals surface area contributed by atoms with Crippen molar-refractivity contribution in [3.63, 3.8) is 0 Å². The standard InChI is InChI=1S/C8H18N2O/c1-2-7(6-11)10-8-3-4-9-5-8/h7-11H,2-6H2,1H3/t7-,8?/m0/s1. The molecule has 1 heterocycles. The van der Waals surface area contributed by atoms with Crippen LogP contribution in [0.2, 0.25) is 0 Å². The van der Waals surface area contributed by atoms with Crippen molar-refractivity contribution < 1.29 is 5.11 Å². The summed E-state index contributed by atoms with van der Waals surface area (Å²) < 4.78 is 0. The lowest BCUT2D eigenvalue weighted by Gasteiger charge is -2.18. The fourth-order valence-electron chi connectivity index (χ4n) is 1.43. The molecule has 0 bridgehead atoms. The summed E-state index contributed by atoms with van der Waals surface area (Å²) in [5.41, 5.74) is 0. The predicted octanol–water partition coefficient (Wildman–Crippen LogP) is -0.291. The minimum Gasteiger partial charge on any atom is -0.395 e. The van der Waals surface area contributed by atoms with Crippen molar-refractivity contribution in [2.45, 2.75) is 31.8 Å². The number of hydrogen-bond donors (Lipinski definition) is 3. The summed E-state index contributed by atoms with van der Waals surface area (Å²) in [6.07, 6.45) is 2.20. The highest BCUT2D eigenvalue weighted by Crippen LogP contribution is 2.00. The van der Waals surface area contributed by atoms with Crippen molar-refractivity contribution in [2.75, 3.05) is 19.7 Å². The molecule has 1 fully saturated rings. The van der Waals surface area contributed by atoms with Gasteiger partial charge in [0.05, 0.1) is 6.61 Å². The Kier molecular flexibility index (Phi) is 3.83. The Morgan fingerprint density at radius 1 is 1.73 bits per heavy atom. The van der Waals surface area contributed by atoms with Crippen LogP contribution < -0.4 is 10.6 Å². The highest BCUT2D eigenvalue weighted by molar-refractivity contribution is 4.80. The normalized spacial score (nSPS) is 27.3. The van der Waals surface area contributed by atoms with Crippen molar-refractivity contribution in [3.8, 4) is 0 Å². The van der Waals surface area contributed by atoms with Crippen molar-refractivity contribution in [1.29, 1.82) is 0 Å². The van der Waals surface area contributed by atoms with Gasteiger partial charge in [-0.05, 0) is 19.4 Å². The van der Waals surface area contributed by atoms with Gasteiger partial charge in [-0.2, -0.15) is 0 Å². The fraction of sp³-hybridized carbons (Fsp3) is 1.00. The van der Waals surface area contributed by atoms with Gasteiger partial charge in [0.1, 0.15) is 0 Å². The number of rotatable bonds is 4. The molecule has 11 heavy (non-hydrogen) atoms. The van der Waals surface area contributed by atoms with Gasteiger partial charge in [0.2, 0.25) is 0 Å². The van der Waals surface area contributed by atoms with Crippen LogP contribution in [0.4, 0.5) is 0 Å². The summed E-state index contributed by atoms with van der Waals surface area (Å²) >= 11 is 0. The maximum absolute atomic E-state index is 8.90. The molecule has 0 spiro atoms. The Morgan fingerprint density at radius 3 is 3.00 bits per heavy atom. The number of nitrogens with one attached hydrogen (secondary N) is 2. The van der Waals surface area contributed by atoms with Crippen LogP contribution in [0, 0.1) is 0 Å². The molecule has 0 radical (unpaired) electrons. The van der Waals surface area contributed by atoms with E-state index in [9.17, 15) is 0 Å². The second-order valence-electron chi connectivity index (χ2n) is 3.14. The van der Waals surface area contributed by atoms with Crippen LogP contribution in [0.1, 0.15) is 19.8 Å². The number of aliphatic hydroxyl groups is 1. The summed E-state index contributed by atoms with van der Waals surface area (Å²) in [5.74, 6) is 0. The molecule has 1 saturated heterocycles. The topological polar surface area (TPSA) is 44.3 Å². The van der Waals surface area contributed by atoms with Gasteiger partial charge in [-0.25, -0.2) is 0 Å². The van der Waals surface area contributed by atoms with Crippen LogP contribution in [0.15, 0.2) is 0 Å². The average Bonchev–Trinajstić information content (AvgIpc) is 2.52. The molecule has 3 heteroatoms. The molecule has 1 rings (SSSR count). The Balaban J connectivity index is 2.16. The molecule has 0 aliphatic carbocycles. The molecule has 1 unspecified atom stereocenters. The van der Waals surface area contributed by atoms with E-state index in [1.807, 2.05) is 0 Å². The molecular weight excluding hydrogens is 140 g/mol. The summed E-state index contributed by atoms with van der Waals surface area (Å²) in [6.45, 7) is 4.51. The van der Waals surface area contributed by atoms with Gasteiger partial charge in [0, 0.05) is 18.6 Å². The Hall–Kier alpha value is -0.120. The van der Waals surface area contributed by atoms with E-state index in [0.29, 0.717) is 12.1 Å². The van der Waals surface area contributed by atoms with Crippen molar-refractivity contribution in [2.24, 2.45) is 0 Å². The van der Waals surface area contributed by atoms with Crippen LogP contribution in [-0.4, -0.2) is 36.9 Å². The Morgan fingerprint density at radius 2 is 2.55 bits per heavy atom. The van der Waals surface area contributed by atoms with Crippen LogP contribution in [0.5, 0.6) is 0 Å². The van der Waals surface area contributed by atoms with E-state index in [4.69, 9.17) is 5.11 Å². The summed E-state index contributed by atoms with van der Waals surface area (Å²) in [4.78, 5) is 0. The van der Waals surface area contributed by atoms with Crippen LogP contribution in [0.25, 0.3) is 0 Å². The van der Waals surface area contributed by atoms with Crippen molar-refractivity contribution in [3.05, 3.63) is 0 Å². The lowest BCUT2D eigenvalue weighted by atomic mass is 10.2. The predicted molar refractivity (Wildman–Crippen MR) is 45.6 cm³/mol. The molecule has 1 aliphatic heterocycles. The average molecular weight is 158 g/mol. The van der Waals surface area contributed by atoms with Gasteiger partial charge < -0.3 is 15.7 Å². The quantitative estimate of drug-likeness (QED) is 0.527. The van der Waals surface area contributed by atoms with E-state index in [1.165, 1.54) is 6.42 Å². The number of hydrogen-bond acceptors (Lipinski definition) is 3. The van der Waals surface area contributed by atoms with E-state index < -0.39 is 0 Å². The summed E-state index contributed by atoms with van der Waals surface area (Å²) in [5, 5.41) is 15.6. The fourth-order valence-corrected chi connectivity index (χ4v) is 1.43. The van der Waals surface area contributed by atoms with Gasteiger partial charge in [-0.15, -0.1) is 0 Å². The molecule has 3 N–H and O–H groups in total. The first kappa shape index (κ1) is 8.97. The summed E-state index contributed by atoms with van der Waals surface area (Å²) in [7, 11) is 0. The van der Waals surface area contributed by atoms with E-state index >= 15 is 0 Å². The molecule has 0 aromatic carbocycles. The smallest absolute Gasteiger partial charge is 0.0584 e. The Labute approximate surface area is 68.2 Å². The monoisotopic (exact) mass is 158 g/mol. The van der Waals surface area contributed by atoms with Gasteiger partial charge in [0.25, 0.3) is 0 Å². The second kappa shape index (κ2) is 4.70. The first-order valence-corrected chi connectivity index (χ1v) is 4.44. The van der Waals surface area contributed by atoms with Gasteiger partial charge >= 0.3 is 0 Å². The van der Waals surface area contributed by atoms with Crippen molar-refractivity contribution >= 4 is 0 Å². The SMILES string of the molecule is CC[C@@H](CO)NC1CCNC1. The third-order valence-corrected chi connectivity index (χ3v) is 2.24. The van der Waals surface area contributed by atoms with E-state index in [-0.39, 0.29) is 6.61 Å². The largest absolute Gasteiger partial charge is 0.395 e. The minimum absolute atomic E-state index is 0.257. The molecule has 3 nitrogen and oxygen atoms in total. The first-order chi connectivity index (χ1) is 5.36. The van der Waals surface area contributed by atoms with Crippen LogP contribution >= 0.6 is 0 Å². The molecule has 0 amide bonds.